The number of rotatable bonds is 4. The normalized spacial score (nSPS) is 26.2. The van der Waals surface area contributed by atoms with Crippen molar-refractivity contribution in [2.45, 2.75) is 44.1 Å². The van der Waals surface area contributed by atoms with Crippen LogP contribution in [0, 0.1) is 17.7 Å². The molecular formula is C17H20FNO3. The van der Waals surface area contributed by atoms with Crippen molar-refractivity contribution in [1.82, 2.24) is 5.32 Å². The maximum absolute atomic E-state index is 13.9. The third kappa shape index (κ3) is 2.85. The lowest BCUT2D eigenvalue weighted by Crippen LogP contribution is -2.41. The van der Waals surface area contributed by atoms with Gasteiger partial charge < -0.3 is 10.4 Å². The average Bonchev–Trinajstić information content (AvgIpc) is 3.28. The van der Waals surface area contributed by atoms with Gasteiger partial charge in [0.1, 0.15) is 5.82 Å². The molecule has 0 spiro atoms. The van der Waals surface area contributed by atoms with Crippen molar-refractivity contribution in [2.24, 2.45) is 11.8 Å². The number of nitrogens with one attached hydrogen (secondary N) is 1. The van der Waals surface area contributed by atoms with Crippen molar-refractivity contribution >= 4 is 11.9 Å². The fourth-order valence-corrected chi connectivity index (χ4v) is 3.38. The molecule has 2 saturated carbocycles. The molecule has 4 nitrogen and oxygen atoms in total. The molecule has 0 heterocycles. The fourth-order valence-electron chi connectivity index (χ4n) is 3.38. The maximum atomic E-state index is 13.9. The highest BCUT2D eigenvalue weighted by atomic mass is 19.1. The summed E-state index contributed by atoms with van der Waals surface area (Å²) in [7, 11) is 0. The number of hydrogen-bond acceptors (Lipinski definition) is 2. The number of carboxylic acid groups (broad SMARTS) is 1. The molecular weight excluding hydrogens is 285 g/mol. The highest BCUT2D eigenvalue weighted by Crippen LogP contribution is 2.47. The minimum absolute atomic E-state index is 0.0652. The van der Waals surface area contributed by atoms with Crippen LogP contribution in [0.25, 0.3) is 0 Å². The SMILES string of the molecule is O=C(O)C1CCC(C(=O)NC2(c3ccccc3F)CC2)CC1. The van der Waals surface area contributed by atoms with E-state index in [0.717, 1.165) is 12.8 Å². The van der Waals surface area contributed by atoms with Crippen LogP contribution < -0.4 is 5.32 Å². The summed E-state index contributed by atoms with van der Waals surface area (Å²) in [6.07, 6.45) is 3.78. The largest absolute Gasteiger partial charge is 0.481 e. The van der Waals surface area contributed by atoms with Crippen LogP contribution in [0.4, 0.5) is 4.39 Å². The summed E-state index contributed by atoms with van der Waals surface area (Å²) in [6.45, 7) is 0. The smallest absolute Gasteiger partial charge is 0.306 e. The van der Waals surface area contributed by atoms with Gasteiger partial charge in [0.05, 0.1) is 11.5 Å². The number of carbonyl (C=O) groups is 2. The summed E-state index contributed by atoms with van der Waals surface area (Å²) >= 11 is 0. The van der Waals surface area contributed by atoms with Gasteiger partial charge in [-0.1, -0.05) is 18.2 Å². The molecule has 2 fully saturated rings. The molecule has 0 aromatic heterocycles. The zero-order valence-electron chi connectivity index (χ0n) is 12.3. The van der Waals surface area contributed by atoms with Gasteiger partial charge in [-0.25, -0.2) is 4.39 Å². The van der Waals surface area contributed by atoms with E-state index in [-0.39, 0.29) is 23.6 Å². The molecule has 0 saturated heterocycles. The average molecular weight is 305 g/mol. The van der Waals surface area contributed by atoms with Crippen LogP contribution in [0.3, 0.4) is 0 Å². The van der Waals surface area contributed by atoms with Crippen molar-refractivity contribution in [1.29, 1.82) is 0 Å². The minimum Gasteiger partial charge on any atom is -0.481 e. The predicted molar refractivity (Wildman–Crippen MR) is 78.5 cm³/mol. The Morgan fingerprint density at radius 3 is 2.23 bits per heavy atom. The molecule has 2 aliphatic carbocycles. The summed E-state index contributed by atoms with van der Waals surface area (Å²) in [5, 5.41) is 12.0. The van der Waals surface area contributed by atoms with Gasteiger partial charge >= 0.3 is 5.97 Å². The van der Waals surface area contributed by atoms with Crippen LogP contribution in [0.1, 0.15) is 44.1 Å². The van der Waals surface area contributed by atoms with Crippen LogP contribution in [0.2, 0.25) is 0 Å². The van der Waals surface area contributed by atoms with E-state index >= 15 is 0 Å². The van der Waals surface area contributed by atoms with Crippen LogP contribution >= 0.6 is 0 Å². The van der Waals surface area contributed by atoms with E-state index in [1.165, 1.54) is 6.07 Å². The van der Waals surface area contributed by atoms with Gasteiger partial charge in [-0.05, 0) is 44.6 Å². The third-order valence-electron chi connectivity index (χ3n) is 4.95. The highest BCUT2D eigenvalue weighted by molar-refractivity contribution is 5.80. The summed E-state index contributed by atoms with van der Waals surface area (Å²) < 4.78 is 13.9. The van der Waals surface area contributed by atoms with E-state index < -0.39 is 11.5 Å². The molecule has 118 valence electrons. The Kier molecular flexibility index (Phi) is 3.89. The summed E-state index contributed by atoms with van der Waals surface area (Å²) in [5.41, 5.74) is 0.00841. The second-order valence-corrected chi connectivity index (χ2v) is 6.44. The monoisotopic (exact) mass is 305 g/mol. The van der Waals surface area contributed by atoms with Gasteiger partial charge in [0.15, 0.2) is 0 Å². The Labute approximate surface area is 128 Å². The topological polar surface area (TPSA) is 66.4 Å². The van der Waals surface area contributed by atoms with E-state index in [0.29, 0.717) is 31.2 Å². The van der Waals surface area contributed by atoms with Crippen molar-refractivity contribution < 1.29 is 19.1 Å². The molecule has 0 aliphatic heterocycles. The number of aliphatic carboxylic acids is 1. The number of carbonyl (C=O) groups excluding carboxylic acids is 1. The second kappa shape index (κ2) is 5.71. The zero-order valence-corrected chi connectivity index (χ0v) is 12.3. The Morgan fingerprint density at radius 1 is 1.09 bits per heavy atom. The van der Waals surface area contributed by atoms with Gasteiger partial charge in [-0.3, -0.25) is 9.59 Å². The first-order valence-electron chi connectivity index (χ1n) is 7.82. The van der Waals surface area contributed by atoms with Gasteiger partial charge in [0.2, 0.25) is 5.91 Å². The Morgan fingerprint density at radius 2 is 1.68 bits per heavy atom. The van der Waals surface area contributed by atoms with Crippen LogP contribution in [-0.4, -0.2) is 17.0 Å². The van der Waals surface area contributed by atoms with E-state index in [1.54, 1.807) is 18.2 Å². The third-order valence-corrected chi connectivity index (χ3v) is 4.95. The second-order valence-electron chi connectivity index (χ2n) is 6.44. The molecule has 22 heavy (non-hydrogen) atoms. The first-order chi connectivity index (χ1) is 10.5. The van der Waals surface area contributed by atoms with Crippen molar-refractivity contribution in [3.63, 3.8) is 0 Å². The van der Waals surface area contributed by atoms with Gasteiger partial charge in [0.25, 0.3) is 0 Å². The first kappa shape index (κ1) is 15.0. The molecule has 2 N–H and O–H groups in total. The van der Waals surface area contributed by atoms with E-state index in [1.807, 2.05) is 0 Å². The summed E-state index contributed by atoms with van der Waals surface area (Å²) in [5.74, 6) is -1.60. The van der Waals surface area contributed by atoms with Crippen molar-refractivity contribution in [3.05, 3.63) is 35.6 Å². The zero-order chi connectivity index (χ0) is 15.7. The van der Waals surface area contributed by atoms with Gasteiger partial charge in [-0.15, -0.1) is 0 Å². The standard InChI is InChI=1S/C17H20FNO3/c18-14-4-2-1-3-13(14)17(9-10-17)19-15(20)11-5-7-12(8-6-11)16(21)22/h1-4,11-12H,5-10H2,(H,19,20)(H,21,22). The van der Waals surface area contributed by atoms with Crippen molar-refractivity contribution in [2.75, 3.05) is 0 Å². The van der Waals surface area contributed by atoms with Crippen molar-refractivity contribution in [3.8, 4) is 0 Å². The molecule has 1 aromatic rings. The molecule has 0 bridgehead atoms. The molecule has 1 aromatic carbocycles. The fraction of sp³-hybridized carbons (Fsp3) is 0.529. The van der Waals surface area contributed by atoms with Crippen LogP contribution in [-0.2, 0) is 15.1 Å². The molecule has 5 heteroatoms. The Balaban J connectivity index is 1.63. The highest BCUT2D eigenvalue weighted by Gasteiger charge is 2.48. The molecule has 1 amide bonds. The van der Waals surface area contributed by atoms with Gasteiger partial charge in [-0.2, -0.15) is 0 Å². The maximum Gasteiger partial charge on any atom is 0.306 e. The molecule has 0 radical (unpaired) electrons. The number of hydrogen-bond donors (Lipinski definition) is 2. The lowest BCUT2D eigenvalue weighted by atomic mass is 9.81. The number of amides is 1. The summed E-state index contributed by atoms with van der Waals surface area (Å²) in [4.78, 5) is 23.4. The molecule has 0 unspecified atom stereocenters. The van der Waals surface area contributed by atoms with E-state index in [9.17, 15) is 14.0 Å². The number of carboxylic acids is 1. The quantitative estimate of drug-likeness (QED) is 0.899. The summed E-state index contributed by atoms with van der Waals surface area (Å²) in [6, 6.07) is 6.57. The number of halogens is 1. The van der Waals surface area contributed by atoms with Crippen LogP contribution in [0.5, 0.6) is 0 Å². The van der Waals surface area contributed by atoms with Crippen LogP contribution in [0.15, 0.2) is 24.3 Å². The first-order valence-corrected chi connectivity index (χ1v) is 7.82. The Bertz CT molecular complexity index is 589. The molecule has 0 atom stereocenters. The van der Waals surface area contributed by atoms with Gasteiger partial charge in [0, 0.05) is 11.5 Å². The lowest BCUT2D eigenvalue weighted by Gasteiger charge is -2.27. The van der Waals surface area contributed by atoms with E-state index in [2.05, 4.69) is 5.32 Å². The minimum atomic E-state index is -0.774. The lowest BCUT2D eigenvalue weighted by molar-refractivity contribution is -0.144. The Hall–Kier alpha value is -1.91. The number of benzene rings is 1. The molecule has 2 aliphatic rings. The predicted octanol–water partition coefficient (Wildman–Crippen LogP) is 2.82. The molecule has 3 rings (SSSR count). The van der Waals surface area contributed by atoms with E-state index in [4.69, 9.17) is 5.11 Å².